The van der Waals surface area contributed by atoms with Crippen molar-refractivity contribution in [3.8, 4) is 11.5 Å². The maximum Gasteiger partial charge on any atom is 0.175 e. The Balaban J connectivity index is 1.44. The van der Waals surface area contributed by atoms with E-state index in [1.165, 1.54) is 102 Å². The van der Waals surface area contributed by atoms with Crippen LogP contribution in [0.5, 0.6) is 11.5 Å². The molecule has 0 bridgehead atoms. The van der Waals surface area contributed by atoms with Crippen LogP contribution in [0, 0.1) is 0 Å². The van der Waals surface area contributed by atoms with Crippen molar-refractivity contribution >= 4 is 63.8 Å². The molecule has 1 N–H and O–H groups in total. The van der Waals surface area contributed by atoms with Gasteiger partial charge in [0.15, 0.2) is 21.3 Å². The number of ether oxygens (including phenoxy) is 1. The van der Waals surface area contributed by atoms with E-state index in [-0.39, 0.29) is 10.6 Å². The second kappa shape index (κ2) is 19.5. The van der Waals surface area contributed by atoms with Crippen LogP contribution >= 0.6 is 31.9 Å². The molecule has 44 heavy (non-hydrogen) atoms. The molecule has 9 heteroatoms. The SMILES string of the molecule is CCCCCCCCCCCCCCCCCCOc1cc(/N=N/c2c(Br)cc(S(C)(=O)=O)cc2Br)c2ccccc2c1O. The number of phenolic OH excluding ortho intramolecular Hbond substituents is 1. The van der Waals surface area contributed by atoms with Gasteiger partial charge in [0.25, 0.3) is 0 Å². The van der Waals surface area contributed by atoms with Crippen molar-refractivity contribution < 1.29 is 18.3 Å². The average Bonchev–Trinajstić information content (AvgIpc) is 2.99. The van der Waals surface area contributed by atoms with Crippen LogP contribution in [0.2, 0.25) is 0 Å². The fraction of sp³-hybridized carbons (Fsp3) is 0.543. The highest BCUT2D eigenvalue weighted by atomic mass is 79.9. The molecular weight excluding hydrogens is 704 g/mol. The first-order valence-corrected chi connectivity index (χ1v) is 19.7. The second-order valence-electron chi connectivity index (χ2n) is 11.6. The van der Waals surface area contributed by atoms with Gasteiger partial charge in [-0.05, 0) is 50.4 Å². The van der Waals surface area contributed by atoms with Crippen LogP contribution < -0.4 is 4.74 Å². The molecule has 0 saturated heterocycles. The normalized spacial score (nSPS) is 12.0. The molecule has 3 rings (SSSR count). The Morgan fingerprint density at radius 3 is 1.68 bits per heavy atom. The zero-order valence-corrected chi connectivity index (χ0v) is 30.3. The average molecular weight is 753 g/mol. The summed E-state index contributed by atoms with van der Waals surface area (Å²) >= 11 is 6.84. The lowest BCUT2D eigenvalue weighted by atomic mass is 10.0. The summed E-state index contributed by atoms with van der Waals surface area (Å²) in [4.78, 5) is 0.176. The van der Waals surface area contributed by atoms with E-state index in [0.29, 0.717) is 38.1 Å². The zero-order valence-electron chi connectivity index (χ0n) is 26.3. The molecule has 0 fully saturated rings. The predicted octanol–water partition coefficient (Wildman–Crippen LogP) is 12.5. The molecule has 242 valence electrons. The molecule has 0 unspecified atom stereocenters. The van der Waals surface area contributed by atoms with Crippen molar-refractivity contribution in [2.45, 2.75) is 115 Å². The van der Waals surface area contributed by atoms with Crippen molar-refractivity contribution in [2.24, 2.45) is 10.2 Å². The molecule has 0 radical (unpaired) electrons. The third-order valence-electron chi connectivity index (χ3n) is 7.89. The maximum atomic E-state index is 12.0. The van der Waals surface area contributed by atoms with Crippen LogP contribution in [-0.2, 0) is 9.84 Å². The quantitative estimate of drug-likeness (QED) is 0.0867. The Morgan fingerprint density at radius 1 is 0.705 bits per heavy atom. The molecule has 0 atom stereocenters. The van der Waals surface area contributed by atoms with Crippen LogP contribution in [0.1, 0.15) is 110 Å². The Bertz CT molecular complexity index is 1440. The number of nitrogens with zero attached hydrogens (tertiary/aromatic N) is 2. The van der Waals surface area contributed by atoms with Crippen molar-refractivity contribution in [2.75, 3.05) is 12.9 Å². The summed E-state index contributed by atoms with van der Waals surface area (Å²) in [5.74, 6) is 0.472. The van der Waals surface area contributed by atoms with Crippen molar-refractivity contribution in [1.29, 1.82) is 0 Å². The van der Waals surface area contributed by atoms with Gasteiger partial charge < -0.3 is 9.84 Å². The van der Waals surface area contributed by atoms with Gasteiger partial charge in [-0.3, -0.25) is 0 Å². The van der Waals surface area contributed by atoms with Gasteiger partial charge >= 0.3 is 0 Å². The van der Waals surface area contributed by atoms with Gasteiger partial charge in [0.05, 0.1) is 17.2 Å². The number of aromatic hydroxyl groups is 1. The highest BCUT2D eigenvalue weighted by Crippen LogP contribution is 2.43. The first kappa shape index (κ1) is 36.5. The number of fused-ring (bicyclic) bond motifs is 1. The van der Waals surface area contributed by atoms with Crippen LogP contribution in [0.3, 0.4) is 0 Å². The van der Waals surface area contributed by atoms with Crippen LogP contribution in [0.25, 0.3) is 10.8 Å². The lowest BCUT2D eigenvalue weighted by Gasteiger charge is -2.12. The third-order valence-corrected chi connectivity index (χ3v) is 10.2. The minimum Gasteiger partial charge on any atom is -0.504 e. The van der Waals surface area contributed by atoms with Gasteiger partial charge in [-0.15, -0.1) is 10.2 Å². The Morgan fingerprint density at radius 2 is 1.18 bits per heavy atom. The topological polar surface area (TPSA) is 88.3 Å². The number of hydrogen-bond acceptors (Lipinski definition) is 6. The van der Waals surface area contributed by atoms with Crippen molar-refractivity contribution in [1.82, 2.24) is 0 Å². The lowest BCUT2D eigenvalue weighted by molar-refractivity contribution is 0.290. The number of benzene rings is 3. The first-order chi connectivity index (χ1) is 21.2. The fourth-order valence-electron chi connectivity index (χ4n) is 5.30. The van der Waals surface area contributed by atoms with E-state index in [2.05, 4.69) is 49.0 Å². The molecule has 0 saturated carbocycles. The molecule has 0 aliphatic carbocycles. The highest BCUT2D eigenvalue weighted by molar-refractivity contribution is 9.11. The number of halogens is 2. The molecule has 0 amide bonds. The molecule has 0 aliphatic rings. The van der Waals surface area contributed by atoms with Crippen LogP contribution in [-0.4, -0.2) is 26.4 Å². The first-order valence-electron chi connectivity index (χ1n) is 16.2. The van der Waals surface area contributed by atoms with E-state index in [1.807, 2.05) is 24.3 Å². The van der Waals surface area contributed by atoms with Gasteiger partial charge in [-0.1, -0.05) is 128 Å². The Hall–Kier alpha value is -1.97. The number of hydrogen-bond donors (Lipinski definition) is 1. The van der Waals surface area contributed by atoms with E-state index in [9.17, 15) is 13.5 Å². The summed E-state index contributed by atoms with van der Waals surface area (Å²) in [5.41, 5.74) is 1.01. The predicted molar refractivity (Wildman–Crippen MR) is 190 cm³/mol. The molecule has 0 spiro atoms. The number of azo groups is 1. The molecule has 6 nitrogen and oxygen atoms in total. The van der Waals surface area contributed by atoms with Gasteiger partial charge in [0, 0.05) is 32.0 Å². The summed E-state index contributed by atoms with van der Waals surface area (Å²) in [5, 5.41) is 21.2. The molecular formula is C35H48Br2N2O4S. The van der Waals surface area contributed by atoms with Gasteiger partial charge in [-0.2, -0.15) is 0 Å². The monoisotopic (exact) mass is 750 g/mol. The van der Waals surface area contributed by atoms with Gasteiger partial charge in [0.2, 0.25) is 0 Å². The third kappa shape index (κ3) is 12.1. The smallest absolute Gasteiger partial charge is 0.175 e. The van der Waals surface area contributed by atoms with E-state index in [0.717, 1.165) is 24.5 Å². The van der Waals surface area contributed by atoms with E-state index >= 15 is 0 Å². The van der Waals surface area contributed by atoms with Crippen LogP contribution in [0.15, 0.2) is 66.5 Å². The Kier molecular flexibility index (Phi) is 16.2. The second-order valence-corrected chi connectivity index (χ2v) is 15.4. The number of rotatable bonds is 21. The van der Waals surface area contributed by atoms with Gasteiger partial charge in [-0.25, -0.2) is 8.42 Å². The fourth-order valence-corrected chi connectivity index (χ4v) is 7.61. The summed E-state index contributed by atoms with van der Waals surface area (Å²) in [6.07, 6.45) is 22.2. The molecule has 0 aromatic heterocycles. The van der Waals surface area contributed by atoms with E-state index in [1.54, 1.807) is 6.07 Å². The van der Waals surface area contributed by atoms with Crippen molar-refractivity contribution in [3.63, 3.8) is 0 Å². The summed E-state index contributed by atoms with van der Waals surface area (Å²) in [6, 6.07) is 12.2. The minimum atomic E-state index is -3.37. The summed E-state index contributed by atoms with van der Waals surface area (Å²) < 4.78 is 31.0. The molecule has 3 aromatic carbocycles. The minimum absolute atomic E-state index is 0.0934. The number of phenols is 1. The van der Waals surface area contributed by atoms with E-state index < -0.39 is 9.84 Å². The lowest BCUT2D eigenvalue weighted by Crippen LogP contribution is -1.98. The highest BCUT2D eigenvalue weighted by Gasteiger charge is 2.15. The van der Waals surface area contributed by atoms with Gasteiger partial charge in [0.1, 0.15) is 5.69 Å². The summed E-state index contributed by atoms with van der Waals surface area (Å²) in [6.45, 7) is 2.79. The molecule has 0 heterocycles. The maximum absolute atomic E-state index is 12.0. The van der Waals surface area contributed by atoms with Crippen molar-refractivity contribution in [3.05, 3.63) is 51.4 Å². The number of sulfone groups is 1. The van der Waals surface area contributed by atoms with E-state index in [4.69, 9.17) is 4.74 Å². The molecule has 3 aromatic rings. The largest absolute Gasteiger partial charge is 0.504 e. The zero-order chi connectivity index (χ0) is 31.8. The molecule has 0 aliphatic heterocycles. The summed E-state index contributed by atoms with van der Waals surface area (Å²) in [7, 11) is -3.37. The Labute approximate surface area is 281 Å². The van der Waals surface area contributed by atoms with Crippen LogP contribution in [0.4, 0.5) is 11.4 Å². The number of unbranched alkanes of at least 4 members (excludes halogenated alkanes) is 15. The standard InChI is InChI=1S/C35H48Br2N2O4S/c1-3-4-5-6-7-8-9-10-11-12-13-14-15-16-17-20-23-43-33-26-32(28-21-18-19-22-29(28)35(33)40)38-39-34-30(36)24-27(25-31(34)37)44(2,41)42/h18-19,21-22,24-26,40H,3-17,20,23H2,1-2H3/b39-38+.